The number of benzene rings is 2. The van der Waals surface area contributed by atoms with Gasteiger partial charge in [0.15, 0.2) is 11.5 Å². The molecule has 4 rings (SSSR count). The van der Waals surface area contributed by atoms with Gasteiger partial charge in [-0.05, 0) is 62.0 Å². The molecule has 0 saturated carbocycles. The van der Waals surface area contributed by atoms with Crippen molar-refractivity contribution in [1.82, 2.24) is 9.80 Å². The van der Waals surface area contributed by atoms with Crippen LogP contribution in [0.5, 0.6) is 11.5 Å². The third-order valence-electron chi connectivity index (χ3n) is 6.77. The van der Waals surface area contributed by atoms with Gasteiger partial charge in [0, 0.05) is 12.1 Å². The first-order valence-electron chi connectivity index (χ1n) is 12.5. The lowest BCUT2D eigenvalue weighted by Gasteiger charge is -2.27. The van der Waals surface area contributed by atoms with Crippen molar-refractivity contribution >= 4 is 23.4 Å². The van der Waals surface area contributed by atoms with Gasteiger partial charge in [-0.25, -0.2) is 4.79 Å². The van der Waals surface area contributed by atoms with E-state index in [1.54, 1.807) is 42.5 Å². The fourth-order valence-electron chi connectivity index (χ4n) is 4.73. The van der Waals surface area contributed by atoms with Gasteiger partial charge in [-0.1, -0.05) is 26.0 Å². The topological polar surface area (TPSA) is 106 Å². The quantitative estimate of drug-likeness (QED) is 0.238. The number of amides is 1. The van der Waals surface area contributed by atoms with E-state index in [9.17, 15) is 19.5 Å². The lowest BCUT2D eigenvalue weighted by atomic mass is 9.94. The predicted octanol–water partition coefficient (Wildman–Crippen LogP) is 3.40. The minimum atomic E-state index is -0.809. The van der Waals surface area contributed by atoms with Crippen LogP contribution in [-0.4, -0.2) is 79.1 Å². The summed E-state index contributed by atoms with van der Waals surface area (Å²) in [5.41, 5.74) is 1.29. The first-order valence-corrected chi connectivity index (χ1v) is 12.5. The monoisotopic (exact) mass is 508 g/mol. The summed E-state index contributed by atoms with van der Waals surface area (Å²) in [6.45, 7) is 7.83. The Hall–Kier alpha value is -3.85. The SMILES string of the molecule is CCN(CC)CCCN1C(=O)C(=O)C(=C(O)c2ccc3c(c2)OCCO3)C1c1ccc(C(=O)OC)cc1. The van der Waals surface area contributed by atoms with E-state index in [0.29, 0.717) is 54.4 Å². The molecule has 0 radical (unpaired) electrons. The van der Waals surface area contributed by atoms with Crippen LogP contribution in [0.25, 0.3) is 5.76 Å². The normalized spacial score (nSPS) is 18.4. The van der Waals surface area contributed by atoms with Gasteiger partial charge >= 0.3 is 5.97 Å². The molecular weight excluding hydrogens is 476 g/mol. The Balaban J connectivity index is 1.74. The number of carbonyl (C=O) groups is 3. The standard InChI is InChI=1S/C28H32N2O7/c1-4-29(5-2)13-6-14-30-24(18-7-9-19(10-8-18)28(34)35-3)23(26(32)27(30)33)25(31)20-11-12-21-22(17-20)37-16-15-36-21/h7-12,17,24,31H,4-6,13-16H2,1-3H3. The van der Waals surface area contributed by atoms with Crippen molar-refractivity contribution in [1.29, 1.82) is 0 Å². The van der Waals surface area contributed by atoms with Gasteiger partial charge in [-0.2, -0.15) is 0 Å². The van der Waals surface area contributed by atoms with Crippen molar-refractivity contribution < 1.29 is 33.7 Å². The Labute approximate surface area is 216 Å². The second-order valence-corrected chi connectivity index (χ2v) is 8.84. The lowest BCUT2D eigenvalue weighted by Crippen LogP contribution is -2.33. The van der Waals surface area contributed by atoms with Gasteiger partial charge in [-0.15, -0.1) is 0 Å². The molecule has 0 bridgehead atoms. The number of carbonyl (C=O) groups excluding carboxylic acids is 3. The van der Waals surface area contributed by atoms with E-state index in [0.717, 1.165) is 19.6 Å². The lowest BCUT2D eigenvalue weighted by molar-refractivity contribution is -0.140. The Bertz CT molecular complexity index is 1200. The Kier molecular flexibility index (Phi) is 8.13. The number of fused-ring (bicyclic) bond motifs is 1. The van der Waals surface area contributed by atoms with Crippen molar-refractivity contribution in [3.8, 4) is 11.5 Å². The van der Waals surface area contributed by atoms with E-state index in [1.807, 2.05) is 0 Å². The van der Waals surface area contributed by atoms with Gasteiger partial charge < -0.3 is 29.1 Å². The number of rotatable bonds is 9. The summed E-state index contributed by atoms with van der Waals surface area (Å²) < 4.78 is 16.0. The molecule has 0 spiro atoms. The summed E-state index contributed by atoms with van der Waals surface area (Å²) in [4.78, 5) is 42.2. The van der Waals surface area contributed by atoms with Crippen LogP contribution in [0.3, 0.4) is 0 Å². The van der Waals surface area contributed by atoms with E-state index in [2.05, 4.69) is 18.7 Å². The van der Waals surface area contributed by atoms with Gasteiger partial charge in [-0.3, -0.25) is 9.59 Å². The molecule has 1 N–H and O–H groups in total. The maximum atomic E-state index is 13.3. The third kappa shape index (κ3) is 5.32. The molecule has 2 aromatic rings. The molecule has 9 nitrogen and oxygen atoms in total. The molecule has 2 aliphatic rings. The van der Waals surface area contributed by atoms with Crippen molar-refractivity contribution in [2.24, 2.45) is 0 Å². The molecule has 1 unspecified atom stereocenters. The van der Waals surface area contributed by atoms with Crippen LogP contribution in [0, 0.1) is 0 Å². The van der Waals surface area contributed by atoms with Crippen LogP contribution >= 0.6 is 0 Å². The maximum Gasteiger partial charge on any atom is 0.337 e. The van der Waals surface area contributed by atoms with E-state index < -0.39 is 23.7 Å². The largest absolute Gasteiger partial charge is 0.507 e. The Morgan fingerprint density at radius 3 is 2.32 bits per heavy atom. The molecule has 37 heavy (non-hydrogen) atoms. The van der Waals surface area contributed by atoms with Crippen molar-refractivity contribution in [3.05, 3.63) is 64.7 Å². The number of methoxy groups -OCH3 is 1. The number of hydrogen-bond acceptors (Lipinski definition) is 8. The average Bonchev–Trinajstić information content (AvgIpc) is 3.19. The molecule has 0 aliphatic carbocycles. The Morgan fingerprint density at radius 2 is 1.68 bits per heavy atom. The van der Waals surface area contributed by atoms with Crippen LogP contribution in [0.15, 0.2) is 48.0 Å². The number of hydrogen-bond donors (Lipinski definition) is 1. The number of nitrogens with zero attached hydrogens (tertiary/aromatic N) is 2. The summed E-state index contributed by atoms with van der Waals surface area (Å²) in [5.74, 6) is -1.19. The number of ether oxygens (including phenoxy) is 3. The molecular formula is C28H32N2O7. The molecule has 1 saturated heterocycles. The van der Waals surface area contributed by atoms with Gasteiger partial charge in [0.2, 0.25) is 0 Å². The summed E-state index contributed by atoms with van der Waals surface area (Å²) >= 11 is 0. The number of ketones is 1. The highest BCUT2D eigenvalue weighted by Gasteiger charge is 2.46. The zero-order chi connectivity index (χ0) is 26.5. The first-order chi connectivity index (χ1) is 17.9. The summed E-state index contributed by atoms with van der Waals surface area (Å²) in [5, 5.41) is 11.3. The van der Waals surface area contributed by atoms with Gasteiger partial charge in [0.25, 0.3) is 11.7 Å². The van der Waals surface area contributed by atoms with Gasteiger partial charge in [0.1, 0.15) is 19.0 Å². The van der Waals surface area contributed by atoms with Gasteiger partial charge in [0.05, 0.1) is 24.3 Å². The number of Topliss-reactive ketones (excluding diaryl/α,β-unsaturated/α-hetero) is 1. The summed E-state index contributed by atoms with van der Waals surface area (Å²) in [6.07, 6.45) is 0.662. The minimum absolute atomic E-state index is 0.00432. The molecule has 2 heterocycles. The second-order valence-electron chi connectivity index (χ2n) is 8.84. The highest BCUT2D eigenvalue weighted by molar-refractivity contribution is 6.46. The second kappa shape index (κ2) is 11.5. The number of aliphatic hydroxyl groups excluding tert-OH is 1. The van der Waals surface area contributed by atoms with Crippen LogP contribution in [0.2, 0.25) is 0 Å². The van der Waals surface area contributed by atoms with E-state index in [4.69, 9.17) is 14.2 Å². The molecule has 2 aliphatic heterocycles. The molecule has 1 amide bonds. The molecule has 2 aromatic carbocycles. The van der Waals surface area contributed by atoms with Crippen molar-refractivity contribution in [3.63, 3.8) is 0 Å². The Morgan fingerprint density at radius 1 is 1.03 bits per heavy atom. The zero-order valence-corrected chi connectivity index (χ0v) is 21.4. The highest BCUT2D eigenvalue weighted by atomic mass is 16.6. The van der Waals surface area contributed by atoms with Crippen molar-refractivity contribution in [2.75, 3.05) is 46.5 Å². The van der Waals surface area contributed by atoms with Crippen LogP contribution in [0.4, 0.5) is 0 Å². The van der Waals surface area contributed by atoms with Crippen LogP contribution in [0.1, 0.15) is 47.8 Å². The minimum Gasteiger partial charge on any atom is -0.507 e. The fraction of sp³-hybridized carbons (Fsp3) is 0.393. The van der Waals surface area contributed by atoms with E-state index in [1.165, 1.54) is 12.0 Å². The molecule has 1 fully saturated rings. The molecule has 1 atom stereocenters. The maximum absolute atomic E-state index is 13.3. The summed E-state index contributed by atoms with van der Waals surface area (Å²) in [6, 6.07) is 10.6. The van der Waals surface area contributed by atoms with E-state index >= 15 is 0 Å². The van der Waals surface area contributed by atoms with Crippen molar-refractivity contribution in [2.45, 2.75) is 26.3 Å². The smallest absolute Gasteiger partial charge is 0.337 e. The average molecular weight is 509 g/mol. The van der Waals surface area contributed by atoms with E-state index in [-0.39, 0.29) is 11.3 Å². The van der Waals surface area contributed by atoms with Crippen LogP contribution in [-0.2, 0) is 14.3 Å². The third-order valence-corrected chi connectivity index (χ3v) is 6.77. The van der Waals surface area contributed by atoms with Crippen LogP contribution < -0.4 is 9.47 Å². The number of esters is 1. The first kappa shape index (κ1) is 26.2. The zero-order valence-electron chi connectivity index (χ0n) is 21.4. The summed E-state index contributed by atoms with van der Waals surface area (Å²) in [7, 11) is 1.30. The number of likely N-dealkylation sites (tertiary alicyclic amines) is 1. The molecule has 196 valence electrons. The predicted molar refractivity (Wildman–Crippen MR) is 137 cm³/mol. The highest BCUT2D eigenvalue weighted by Crippen LogP contribution is 2.41. The fourth-order valence-corrected chi connectivity index (χ4v) is 4.73. The number of aliphatic hydroxyl groups is 1. The molecule has 9 heteroatoms. The molecule has 0 aromatic heterocycles.